The quantitative estimate of drug-likeness (QED) is 0.918. The summed E-state index contributed by atoms with van der Waals surface area (Å²) < 4.78 is 27.4. The highest BCUT2D eigenvalue weighted by atomic mass is 19.1. The van der Waals surface area contributed by atoms with Gasteiger partial charge in [0.1, 0.15) is 11.6 Å². The minimum atomic E-state index is -0.357. The molecule has 1 aromatic rings. The molecule has 2 fully saturated rings. The second kappa shape index (κ2) is 6.41. The van der Waals surface area contributed by atoms with Crippen LogP contribution in [0.1, 0.15) is 44.2 Å². The van der Waals surface area contributed by atoms with Crippen molar-refractivity contribution in [1.29, 1.82) is 0 Å². The molecule has 1 N–H and O–H groups in total. The number of rotatable bonds is 3. The van der Waals surface area contributed by atoms with E-state index in [2.05, 4.69) is 10.2 Å². The fourth-order valence-corrected chi connectivity index (χ4v) is 3.87. The first-order valence-corrected chi connectivity index (χ1v) is 8.07. The Balaban J connectivity index is 1.71. The molecule has 0 spiro atoms. The minimum absolute atomic E-state index is 0.0649. The average Bonchev–Trinajstić information content (AvgIpc) is 3.03. The molecule has 2 heterocycles. The van der Waals surface area contributed by atoms with Gasteiger partial charge in [-0.2, -0.15) is 0 Å². The summed E-state index contributed by atoms with van der Waals surface area (Å²) in [6, 6.07) is 4.31. The van der Waals surface area contributed by atoms with Gasteiger partial charge in [-0.1, -0.05) is 0 Å². The number of halogens is 2. The molecule has 3 unspecified atom stereocenters. The maximum absolute atomic E-state index is 14.0. The zero-order chi connectivity index (χ0) is 14.8. The van der Waals surface area contributed by atoms with Gasteiger partial charge in [0.25, 0.3) is 0 Å². The van der Waals surface area contributed by atoms with E-state index in [0.29, 0.717) is 17.5 Å². The molecule has 4 heteroatoms. The van der Waals surface area contributed by atoms with Gasteiger partial charge in [-0.3, -0.25) is 4.90 Å². The van der Waals surface area contributed by atoms with Crippen LogP contribution in [0, 0.1) is 17.6 Å². The average molecular weight is 294 g/mol. The number of hydrogen-bond donors (Lipinski definition) is 1. The predicted molar refractivity (Wildman–Crippen MR) is 80.1 cm³/mol. The number of nitrogens with one attached hydrogen (secondary N) is 1. The zero-order valence-electron chi connectivity index (χ0n) is 12.6. The number of hydrogen-bond acceptors (Lipinski definition) is 2. The van der Waals surface area contributed by atoms with Crippen molar-refractivity contribution in [2.75, 3.05) is 19.6 Å². The molecule has 2 saturated heterocycles. The largest absolute Gasteiger partial charge is 0.314 e. The SMILES string of the molecule is CC(c1cc(F)ccc1F)N1CCCC(C2CCCN2)C1. The third kappa shape index (κ3) is 3.27. The summed E-state index contributed by atoms with van der Waals surface area (Å²) in [4.78, 5) is 2.31. The smallest absolute Gasteiger partial charge is 0.128 e. The number of benzene rings is 1. The first-order chi connectivity index (χ1) is 10.1. The van der Waals surface area contributed by atoms with Crippen molar-refractivity contribution in [3.8, 4) is 0 Å². The van der Waals surface area contributed by atoms with Gasteiger partial charge in [-0.25, -0.2) is 8.78 Å². The molecule has 0 bridgehead atoms. The summed E-state index contributed by atoms with van der Waals surface area (Å²) in [5.74, 6) is -0.0189. The third-order valence-electron chi connectivity index (χ3n) is 5.11. The van der Waals surface area contributed by atoms with Crippen LogP contribution in [0.5, 0.6) is 0 Å². The highest BCUT2D eigenvalue weighted by Gasteiger charge is 2.31. The van der Waals surface area contributed by atoms with Gasteiger partial charge in [0, 0.05) is 24.2 Å². The normalized spacial score (nSPS) is 28.7. The van der Waals surface area contributed by atoms with E-state index in [1.54, 1.807) is 0 Å². The van der Waals surface area contributed by atoms with Gasteiger partial charge in [0.2, 0.25) is 0 Å². The molecule has 3 rings (SSSR count). The van der Waals surface area contributed by atoms with Gasteiger partial charge in [0.15, 0.2) is 0 Å². The molecule has 0 aliphatic carbocycles. The van der Waals surface area contributed by atoms with Crippen LogP contribution in [0.4, 0.5) is 8.78 Å². The van der Waals surface area contributed by atoms with Crippen LogP contribution in [0.15, 0.2) is 18.2 Å². The maximum Gasteiger partial charge on any atom is 0.128 e. The van der Waals surface area contributed by atoms with E-state index >= 15 is 0 Å². The lowest BCUT2D eigenvalue weighted by Crippen LogP contribution is -2.44. The van der Waals surface area contributed by atoms with E-state index in [4.69, 9.17) is 0 Å². The van der Waals surface area contributed by atoms with Crippen molar-refractivity contribution in [1.82, 2.24) is 10.2 Å². The molecular weight excluding hydrogens is 270 g/mol. The summed E-state index contributed by atoms with van der Waals surface area (Å²) in [6.45, 7) is 5.06. The second-order valence-electron chi connectivity index (χ2n) is 6.44. The molecular formula is C17H24F2N2. The molecule has 0 radical (unpaired) electrons. The van der Waals surface area contributed by atoms with Crippen molar-refractivity contribution in [2.24, 2.45) is 5.92 Å². The topological polar surface area (TPSA) is 15.3 Å². The number of nitrogens with zero attached hydrogens (tertiary/aromatic N) is 1. The van der Waals surface area contributed by atoms with E-state index in [0.717, 1.165) is 26.1 Å². The Hall–Kier alpha value is -1.00. The number of likely N-dealkylation sites (tertiary alicyclic amines) is 1. The number of piperidine rings is 1. The van der Waals surface area contributed by atoms with Crippen molar-refractivity contribution >= 4 is 0 Å². The predicted octanol–water partition coefficient (Wildman–Crippen LogP) is 3.49. The Labute approximate surface area is 125 Å². The lowest BCUT2D eigenvalue weighted by molar-refractivity contribution is 0.113. The molecule has 21 heavy (non-hydrogen) atoms. The second-order valence-corrected chi connectivity index (χ2v) is 6.44. The van der Waals surface area contributed by atoms with Crippen molar-refractivity contribution in [3.63, 3.8) is 0 Å². The lowest BCUT2D eigenvalue weighted by atomic mass is 9.88. The van der Waals surface area contributed by atoms with Crippen LogP contribution in [0.3, 0.4) is 0 Å². The maximum atomic E-state index is 14.0. The van der Waals surface area contributed by atoms with E-state index in [1.807, 2.05) is 6.92 Å². The minimum Gasteiger partial charge on any atom is -0.314 e. The van der Waals surface area contributed by atoms with E-state index in [-0.39, 0.29) is 17.7 Å². The lowest BCUT2D eigenvalue weighted by Gasteiger charge is -2.39. The first kappa shape index (κ1) is 14.9. The van der Waals surface area contributed by atoms with E-state index in [9.17, 15) is 8.78 Å². The molecule has 116 valence electrons. The molecule has 0 aromatic heterocycles. The molecule has 1 aromatic carbocycles. The Kier molecular flexibility index (Phi) is 4.55. The van der Waals surface area contributed by atoms with Crippen LogP contribution in [-0.4, -0.2) is 30.6 Å². The molecule has 2 aliphatic rings. The molecule has 3 atom stereocenters. The molecule has 0 saturated carbocycles. The van der Waals surface area contributed by atoms with Crippen LogP contribution >= 0.6 is 0 Å². The summed E-state index contributed by atoms with van der Waals surface area (Å²) in [5.41, 5.74) is 0.482. The van der Waals surface area contributed by atoms with E-state index < -0.39 is 0 Å². The highest BCUT2D eigenvalue weighted by molar-refractivity contribution is 5.22. The van der Waals surface area contributed by atoms with Crippen LogP contribution in [0.25, 0.3) is 0 Å². The van der Waals surface area contributed by atoms with Crippen LogP contribution in [-0.2, 0) is 0 Å². The van der Waals surface area contributed by atoms with Crippen molar-refractivity contribution < 1.29 is 8.78 Å². The van der Waals surface area contributed by atoms with Gasteiger partial charge in [0.05, 0.1) is 0 Å². The standard InChI is InChI=1S/C17H24F2N2/c1-12(15-10-14(18)6-7-16(15)19)21-9-3-4-13(11-21)17-5-2-8-20-17/h6-7,10,12-13,17,20H,2-5,8-9,11H2,1H3. The summed E-state index contributed by atoms with van der Waals surface area (Å²) in [6.07, 6.45) is 4.90. The van der Waals surface area contributed by atoms with Gasteiger partial charge in [-0.05, 0) is 69.8 Å². The summed E-state index contributed by atoms with van der Waals surface area (Å²) in [7, 11) is 0. The van der Waals surface area contributed by atoms with Crippen molar-refractivity contribution in [3.05, 3.63) is 35.4 Å². The van der Waals surface area contributed by atoms with Gasteiger partial charge < -0.3 is 5.32 Å². The Morgan fingerprint density at radius 2 is 2.10 bits per heavy atom. The highest BCUT2D eigenvalue weighted by Crippen LogP contribution is 2.31. The van der Waals surface area contributed by atoms with Gasteiger partial charge in [-0.15, -0.1) is 0 Å². The zero-order valence-corrected chi connectivity index (χ0v) is 12.6. The monoisotopic (exact) mass is 294 g/mol. The third-order valence-corrected chi connectivity index (χ3v) is 5.11. The molecule has 2 aliphatic heterocycles. The molecule has 0 amide bonds. The van der Waals surface area contributed by atoms with Crippen LogP contribution < -0.4 is 5.32 Å². The van der Waals surface area contributed by atoms with Gasteiger partial charge >= 0.3 is 0 Å². The fraction of sp³-hybridized carbons (Fsp3) is 0.647. The Morgan fingerprint density at radius 1 is 1.24 bits per heavy atom. The molecule has 2 nitrogen and oxygen atoms in total. The first-order valence-electron chi connectivity index (χ1n) is 8.07. The van der Waals surface area contributed by atoms with Crippen LogP contribution in [0.2, 0.25) is 0 Å². The van der Waals surface area contributed by atoms with E-state index in [1.165, 1.54) is 37.5 Å². The summed E-state index contributed by atoms with van der Waals surface area (Å²) >= 11 is 0. The summed E-state index contributed by atoms with van der Waals surface area (Å²) in [5, 5.41) is 3.59. The fourth-order valence-electron chi connectivity index (χ4n) is 3.87. The van der Waals surface area contributed by atoms with Crippen molar-refractivity contribution in [2.45, 2.75) is 44.7 Å². The Morgan fingerprint density at radius 3 is 2.86 bits per heavy atom. The Bertz CT molecular complexity index is 486.